The summed E-state index contributed by atoms with van der Waals surface area (Å²) in [6.07, 6.45) is 13.5. The predicted octanol–water partition coefficient (Wildman–Crippen LogP) is 5.26. The van der Waals surface area contributed by atoms with Crippen LogP contribution in [0.25, 0.3) is 0 Å². The molecule has 21 heavy (non-hydrogen) atoms. The molecule has 1 aromatic rings. The summed E-state index contributed by atoms with van der Waals surface area (Å²) in [6.45, 7) is 2.22. The van der Waals surface area contributed by atoms with Crippen LogP contribution in [-0.4, -0.2) is 16.5 Å². The molecule has 1 aromatic heterocycles. The van der Waals surface area contributed by atoms with Gasteiger partial charge in [0.2, 0.25) is 0 Å². The molecule has 0 saturated heterocycles. The van der Waals surface area contributed by atoms with Crippen LogP contribution in [0.1, 0.15) is 63.1 Å². The van der Waals surface area contributed by atoms with Gasteiger partial charge in [-0.3, -0.25) is 0 Å². The SMILES string of the molecule is Cc1cn(C)[c](=[Pt])n1C1CCCCC1.IN(I)C1CCC1. The minimum Gasteiger partial charge on any atom is -0.185 e. The minimum atomic E-state index is 0.762. The van der Waals surface area contributed by atoms with Crippen LogP contribution in [0.2, 0.25) is 0 Å². The quantitative estimate of drug-likeness (QED) is 0.304. The van der Waals surface area contributed by atoms with Crippen LogP contribution in [0.4, 0.5) is 0 Å². The fourth-order valence-corrected chi connectivity index (χ4v) is 5.12. The number of nitrogens with zero attached hydrogens (tertiary/aromatic N) is 3. The summed E-state index contributed by atoms with van der Waals surface area (Å²) >= 11 is 7.12. The van der Waals surface area contributed by atoms with Gasteiger partial charge in [0.15, 0.2) is 0 Å². The zero-order chi connectivity index (χ0) is 15.4. The normalized spacial score (nSPS) is 20.1. The van der Waals surface area contributed by atoms with Crippen molar-refractivity contribution in [1.82, 2.24) is 10.5 Å². The first kappa shape index (κ1) is 18.7. The van der Waals surface area contributed by atoms with Gasteiger partial charge < -0.3 is 0 Å². The molecule has 0 aromatic carbocycles. The molecule has 0 atom stereocenters. The molecule has 0 amide bonds. The second-order valence-corrected chi connectivity index (χ2v) is 11.1. The average Bonchev–Trinajstić information content (AvgIpc) is 2.62. The summed E-state index contributed by atoms with van der Waals surface area (Å²) in [4.78, 5) is 0. The van der Waals surface area contributed by atoms with E-state index in [0.29, 0.717) is 0 Å². The maximum Gasteiger partial charge on any atom is 0.0311 e. The number of hydrogen-bond acceptors (Lipinski definition) is 1. The second-order valence-electron chi connectivity index (χ2n) is 6.13. The van der Waals surface area contributed by atoms with Gasteiger partial charge in [0.05, 0.1) is 0 Å². The van der Waals surface area contributed by atoms with Crippen LogP contribution < -0.4 is 0 Å². The summed E-state index contributed by atoms with van der Waals surface area (Å²) in [5, 5.41) is 0. The molecular weight excluding hydrogens is 671 g/mol. The zero-order valence-corrected chi connectivity index (χ0v) is 19.4. The summed E-state index contributed by atoms with van der Waals surface area (Å²) in [5.41, 5.74) is 1.41. The molecular formula is C15H25I2N3Pt. The summed E-state index contributed by atoms with van der Waals surface area (Å²) < 4.78 is 8.36. The van der Waals surface area contributed by atoms with Crippen LogP contribution in [0.3, 0.4) is 0 Å². The molecule has 124 valence electrons. The van der Waals surface area contributed by atoms with Gasteiger partial charge in [-0.2, -0.15) is 1.33 Å². The van der Waals surface area contributed by atoms with Gasteiger partial charge in [-0.1, -0.05) is 6.42 Å². The van der Waals surface area contributed by atoms with Crippen molar-refractivity contribution in [2.75, 3.05) is 0 Å². The fourth-order valence-electron chi connectivity index (χ4n) is 3.04. The van der Waals surface area contributed by atoms with E-state index in [1.807, 2.05) is 0 Å². The predicted molar refractivity (Wildman–Crippen MR) is 101 cm³/mol. The molecule has 0 radical (unpaired) electrons. The third-order valence-corrected chi connectivity index (χ3v) is 7.43. The van der Waals surface area contributed by atoms with Gasteiger partial charge in [0, 0.05) is 51.8 Å². The van der Waals surface area contributed by atoms with E-state index in [4.69, 9.17) is 0 Å². The zero-order valence-electron chi connectivity index (χ0n) is 12.8. The first-order valence-corrected chi connectivity index (χ1v) is 10.9. The van der Waals surface area contributed by atoms with E-state index in [1.54, 1.807) is 0 Å². The number of hydrogen-bond donors (Lipinski definition) is 0. The Hall–Kier alpha value is 1.32. The fraction of sp³-hybridized carbons (Fsp3) is 0.800. The molecule has 2 aliphatic rings. The molecule has 3 rings (SSSR count). The molecule has 2 aliphatic carbocycles. The summed E-state index contributed by atoms with van der Waals surface area (Å²) in [6, 6.07) is 1.65. The molecule has 1 heterocycles. The maximum atomic E-state index is 2.51. The monoisotopic (exact) mass is 696 g/mol. The number of aromatic nitrogens is 2. The Morgan fingerprint density at radius 1 is 1.10 bits per heavy atom. The largest absolute Gasteiger partial charge is 0.185 e. The number of rotatable bonds is 2. The van der Waals surface area contributed by atoms with Gasteiger partial charge in [-0.15, -0.1) is 0 Å². The molecule has 2 saturated carbocycles. The molecule has 0 spiro atoms. The molecule has 0 bridgehead atoms. The Labute approximate surface area is 167 Å². The van der Waals surface area contributed by atoms with Crippen LogP contribution in [0.15, 0.2) is 6.20 Å². The number of halogens is 2. The molecule has 3 nitrogen and oxygen atoms in total. The van der Waals surface area contributed by atoms with Gasteiger partial charge in [-0.05, 0) is 12.8 Å². The Kier molecular flexibility index (Phi) is 7.97. The number of imidazole rings is 1. The van der Waals surface area contributed by atoms with E-state index in [0.717, 1.165) is 12.1 Å². The van der Waals surface area contributed by atoms with Crippen LogP contribution in [0.5, 0.6) is 0 Å². The Morgan fingerprint density at radius 3 is 2.05 bits per heavy atom. The van der Waals surface area contributed by atoms with Crippen molar-refractivity contribution < 1.29 is 19.4 Å². The second kappa shape index (κ2) is 8.97. The standard InChI is InChI=1S/C11H18N2.C4H7I2N.Pt/c1-10-8-12(2)9-13(10)11-6-4-3-5-7-11;5-7(6)4-2-1-3-4;/h8,11H,3-7H2,1-2H3;4H,1-3H2;. The topological polar surface area (TPSA) is 13.1 Å². The minimum absolute atomic E-state index is 0.762. The first-order valence-electron chi connectivity index (χ1n) is 7.81. The van der Waals surface area contributed by atoms with Crippen molar-refractivity contribution in [3.63, 3.8) is 0 Å². The van der Waals surface area contributed by atoms with E-state index in [2.05, 4.69) is 95.7 Å². The third kappa shape index (κ3) is 5.15. The molecule has 0 unspecified atom stereocenters. The van der Waals surface area contributed by atoms with Crippen molar-refractivity contribution in [2.45, 2.75) is 70.4 Å². The van der Waals surface area contributed by atoms with Crippen LogP contribution >= 0.6 is 45.7 Å². The van der Waals surface area contributed by atoms with Gasteiger partial charge in [-0.25, -0.2) is 0 Å². The van der Waals surface area contributed by atoms with Crippen molar-refractivity contribution in [3.8, 4) is 0 Å². The Balaban J connectivity index is 0.000000194. The van der Waals surface area contributed by atoms with Crippen molar-refractivity contribution in [1.29, 1.82) is 0 Å². The molecule has 0 aliphatic heterocycles. The van der Waals surface area contributed by atoms with Gasteiger partial charge >= 0.3 is 96.3 Å². The van der Waals surface area contributed by atoms with Crippen molar-refractivity contribution >= 4 is 45.7 Å². The van der Waals surface area contributed by atoms with Crippen molar-refractivity contribution in [3.05, 3.63) is 15.7 Å². The maximum absolute atomic E-state index is 2.51. The van der Waals surface area contributed by atoms with Crippen LogP contribution in [-0.2, 0) is 26.4 Å². The Morgan fingerprint density at radius 2 is 1.71 bits per heavy atom. The van der Waals surface area contributed by atoms with E-state index in [-0.39, 0.29) is 0 Å². The Bertz CT molecular complexity index is 500. The molecule has 0 N–H and O–H groups in total. The number of aryl methyl sites for hydroxylation is 2. The van der Waals surface area contributed by atoms with Gasteiger partial charge in [0.1, 0.15) is 0 Å². The van der Waals surface area contributed by atoms with Crippen molar-refractivity contribution in [2.24, 2.45) is 7.05 Å². The smallest absolute Gasteiger partial charge is 0.0311 e. The van der Waals surface area contributed by atoms with E-state index in [1.165, 1.54) is 60.9 Å². The first-order chi connectivity index (χ1) is 10.0. The van der Waals surface area contributed by atoms with Gasteiger partial charge in [0.25, 0.3) is 0 Å². The van der Waals surface area contributed by atoms with Crippen LogP contribution in [0, 0.1) is 10.7 Å². The molecule has 6 heteroatoms. The third-order valence-electron chi connectivity index (χ3n) is 4.50. The van der Waals surface area contributed by atoms with E-state index < -0.39 is 0 Å². The molecule has 2 fully saturated rings. The van der Waals surface area contributed by atoms with E-state index in [9.17, 15) is 0 Å². The average molecular weight is 696 g/mol. The van der Waals surface area contributed by atoms with E-state index >= 15 is 0 Å². The summed E-state index contributed by atoms with van der Waals surface area (Å²) in [5.74, 6) is 0. The summed E-state index contributed by atoms with van der Waals surface area (Å²) in [7, 11) is 2.13.